The van der Waals surface area contributed by atoms with E-state index in [1.807, 2.05) is 0 Å². The van der Waals surface area contributed by atoms with Gasteiger partial charge in [0.05, 0.1) is 0 Å². The molecule has 0 fully saturated rings. The van der Waals surface area contributed by atoms with E-state index in [1.165, 1.54) is 0 Å². The molecule has 0 amide bonds. The fourth-order valence-corrected chi connectivity index (χ4v) is 1.65. The number of benzene rings is 1. The summed E-state index contributed by atoms with van der Waals surface area (Å²) in [6, 6.07) is 5.28. The van der Waals surface area contributed by atoms with E-state index in [2.05, 4.69) is 0 Å². The third kappa shape index (κ3) is 2.46. The highest BCUT2D eigenvalue weighted by Crippen LogP contribution is 2.32. The third-order valence-electron chi connectivity index (χ3n) is 2.60. The largest absolute Gasteiger partial charge is 0.454 e. The van der Waals surface area contributed by atoms with Gasteiger partial charge in [-0.3, -0.25) is 9.59 Å². The summed E-state index contributed by atoms with van der Waals surface area (Å²) >= 11 is 0. The molecule has 17 heavy (non-hydrogen) atoms. The fraction of sp³-hybridized carbons (Fsp3) is 0.385. The van der Waals surface area contributed by atoms with Crippen molar-refractivity contribution in [2.24, 2.45) is 5.92 Å². The van der Waals surface area contributed by atoms with Gasteiger partial charge in [0.2, 0.25) is 18.4 Å². The lowest BCUT2D eigenvalue weighted by molar-refractivity contribution is -0.138. The number of fused-ring (bicyclic) bond motifs is 1. The molecular weight excluding hydrogens is 220 g/mol. The summed E-state index contributed by atoms with van der Waals surface area (Å²) in [5.41, 5.74) is 0.772. The van der Waals surface area contributed by atoms with Crippen LogP contribution in [-0.2, 0) is 16.0 Å². The van der Waals surface area contributed by atoms with Crippen molar-refractivity contribution in [3.05, 3.63) is 23.8 Å². The second-order valence-corrected chi connectivity index (χ2v) is 4.31. The van der Waals surface area contributed by atoms with Gasteiger partial charge in [0.25, 0.3) is 0 Å². The number of carbonyl (C=O) groups excluding carboxylic acids is 2. The molecule has 0 radical (unpaired) electrons. The predicted octanol–water partition coefficient (Wildman–Crippen LogP) is 1.75. The molecule has 4 nitrogen and oxygen atoms in total. The van der Waals surface area contributed by atoms with Crippen LogP contribution in [-0.4, -0.2) is 18.4 Å². The topological polar surface area (TPSA) is 52.6 Å². The monoisotopic (exact) mass is 234 g/mol. The minimum absolute atomic E-state index is 0.119. The van der Waals surface area contributed by atoms with E-state index in [0.29, 0.717) is 11.5 Å². The van der Waals surface area contributed by atoms with Crippen LogP contribution in [0.25, 0.3) is 0 Å². The highest BCUT2D eigenvalue weighted by atomic mass is 16.7. The van der Waals surface area contributed by atoms with Crippen LogP contribution in [0.3, 0.4) is 0 Å². The summed E-state index contributed by atoms with van der Waals surface area (Å²) in [6.07, 6.45) is 0.119. The average Bonchev–Trinajstić information content (AvgIpc) is 2.74. The van der Waals surface area contributed by atoms with E-state index in [4.69, 9.17) is 9.47 Å². The number of carbonyl (C=O) groups is 2. The molecule has 0 atom stereocenters. The molecule has 0 unspecified atom stereocenters. The first-order valence-electron chi connectivity index (χ1n) is 5.53. The number of hydrogen-bond donors (Lipinski definition) is 0. The second-order valence-electron chi connectivity index (χ2n) is 4.31. The van der Waals surface area contributed by atoms with Crippen LogP contribution in [0.4, 0.5) is 0 Å². The lowest BCUT2D eigenvalue weighted by atomic mass is 9.99. The molecule has 1 aliphatic heterocycles. The number of ether oxygens (including phenoxy) is 2. The van der Waals surface area contributed by atoms with Gasteiger partial charge in [-0.15, -0.1) is 0 Å². The second kappa shape index (κ2) is 4.57. The van der Waals surface area contributed by atoms with E-state index in [0.717, 1.165) is 5.56 Å². The molecule has 90 valence electrons. The van der Waals surface area contributed by atoms with Crippen molar-refractivity contribution in [3.63, 3.8) is 0 Å². The maximum absolute atomic E-state index is 11.6. The van der Waals surface area contributed by atoms with Crippen molar-refractivity contribution in [1.82, 2.24) is 0 Å². The molecule has 0 saturated carbocycles. The van der Waals surface area contributed by atoms with Gasteiger partial charge in [-0.1, -0.05) is 19.9 Å². The minimum atomic E-state index is -0.362. The average molecular weight is 234 g/mol. The summed E-state index contributed by atoms with van der Waals surface area (Å²) in [5, 5.41) is 0. The molecule has 2 rings (SSSR count). The van der Waals surface area contributed by atoms with Gasteiger partial charge in [-0.25, -0.2) is 0 Å². The molecule has 1 heterocycles. The first-order valence-corrected chi connectivity index (χ1v) is 5.53. The number of rotatable bonds is 4. The minimum Gasteiger partial charge on any atom is -0.454 e. The van der Waals surface area contributed by atoms with Crippen LogP contribution in [0, 0.1) is 5.92 Å². The molecular formula is C13H14O4. The number of hydrogen-bond acceptors (Lipinski definition) is 4. The summed E-state index contributed by atoms with van der Waals surface area (Å²) in [7, 11) is 0. The Balaban J connectivity index is 2.09. The van der Waals surface area contributed by atoms with Crippen LogP contribution in [0.1, 0.15) is 19.4 Å². The van der Waals surface area contributed by atoms with E-state index in [9.17, 15) is 9.59 Å². The van der Waals surface area contributed by atoms with Gasteiger partial charge in [0.15, 0.2) is 11.5 Å². The zero-order valence-corrected chi connectivity index (χ0v) is 9.86. The van der Waals surface area contributed by atoms with Crippen molar-refractivity contribution in [2.75, 3.05) is 6.79 Å². The molecule has 0 bridgehead atoms. The Labute approximate surface area is 99.5 Å². The standard InChI is InChI=1S/C13H14O4/c1-8(2)13(15)10(14)5-9-3-4-11-12(6-9)17-7-16-11/h3-4,6,8H,5,7H2,1-2H3. The fourth-order valence-electron chi connectivity index (χ4n) is 1.65. The van der Waals surface area contributed by atoms with Crippen LogP contribution >= 0.6 is 0 Å². The van der Waals surface area contributed by atoms with Crippen molar-refractivity contribution in [3.8, 4) is 11.5 Å². The molecule has 1 aromatic carbocycles. The SMILES string of the molecule is CC(C)C(=O)C(=O)Cc1ccc2c(c1)OCO2. The first-order chi connectivity index (χ1) is 8.08. The van der Waals surface area contributed by atoms with Crippen LogP contribution in [0.5, 0.6) is 11.5 Å². The van der Waals surface area contributed by atoms with Crippen LogP contribution in [0.2, 0.25) is 0 Å². The molecule has 0 N–H and O–H groups in total. The maximum Gasteiger partial charge on any atom is 0.231 e. The van der Waals surface area contributed by atoms with E-state index in [-0.39, 0.29) is 30.7 Å². The van der Waals surface area contributed by atoms with Crippen molar-refractivity contribution in [2.45, 2.75) is 20.3 Å². The van der Waals surface area contributed by atoms with Gasteiger partial charge < -0.3 is 9.47 Å². The Morgan fingerprint density at radius 2 is 1.94 bits per heavy atom. The van der Waals surface area contributed by atoms with Crippen molar-refractivity contribution in [1.29, 1.82) is 0 Å². The molecule has 0 aromatic heterocycles. The molecule has 0 aliphatic carbocycles. The Kier molecular flexibility index (Phi) is 3.13. The Bertz CT molecular complexity index is 462. The highest BCUT2D eigenvalue weighted by molar-refractivity contribution is 6.38. The van der Waals surface area contributed by atoms with E-state index >= 15 is 0 Å². The first kappa shape index (κ1) is 11.6. The predicted molar refractivity (Wildman–Crippen MR) is 61.1 cm³/mol. The maximum atomic E-state index is 11.6. The van der Waals surface area contributed by atoms with Crippen molar-refractivity contribution >= 4 is 11.6 Å². The molecule has 1 aromatic rings. The molecule has 4 heteroatoms. The third-order valence-corrected chi connectivity index (χ3v) is 2.60. The molecule has 1 aliphatic rings. The van der Waals surface area contributed by atoms with Gasteiger partial charge in [-0.2, -0.15) is 0 Å². The Morgan fingerprint density at radius 3 is 2.65 bits per heavy atom. The lowest BCUT2D eigenvalue weighted by Crippen LogP contribution is -2.21. The number of ketones is 2. The smallest absolute Gasteiger partial charge is 0.231 e. The van der Waals surface area contributed by atoms with Crippen LogP contribution in [0.15, 0.2) is 18.2 Å². The van der Waals surface area contributed by atoms with Gasteiger partial charge in [-0.05, 0) is 17.7 Å². The van der Waals surface area contributed by atoms with Gasteiger partial charge in [0.1, 0.15) is 0 Å². The van der Waals surface area contributed by atoms with Crippen LogP contribution < -0.4 is 9.47 Å². The summed E-state index contributed by atoms with van der Waals surface area (Å²) in [5.74, 6) is 0.363. The van der Waals surface area contributed by atoms with E-state index < -0.39 is 0 Å². The summed E-state index contributed by atoms with van der Waals surface area (Å²) < 4.78 is 10.4. The van der Waals surface area contributed by atoms with Crippen molar-refractivity contribution < 1.29 is 19.1 Å². The zero-order chi connectivity index (χ0) is 12.4. The Hall–Kier alpha value is -1.84. The lowest BCUT2D eigenvalue weighted by Gasteiger charge is -2.04. The normalized spacial score (nSPS) is 12.9. The van der Waals surface area contributed by atoms with Gasteiger partial charge >= 0.3 is 0 Å². The zero-order valence-electron chi connectivity index (χ0n) is 9.86. The summed E-state index contributed by atoms with van der Waals surface area (Å²) in [4.78, 5) is 23.1. The Morgan fingerprint density at radius 1 is 1.24 bits per heavy atom. The quantitative estimate of drug-likeness (QED) is 0.745. The van der Waals surface area contributed by atoms with E-state index in [1.54, 1.807) is 32.0 Å². The molecule has 0 saturated heterocycles. The highest BCUT2D eigenvalue weighted by Gasteiger charge is 2.19. The summed E-state index contributed by atoms with van der Waals surface area (Å²) in [6.45, 7) is 3.65. The molecule has 0 spiro atoms. The number of Topliss-reactive ketones (excluding diaryl/α,β-unsaturated/α-hetero) is 2. The van der Waals surface area contributed by atoms with Gasteiger partial charge in [0, 0.05) is 12.3 Å².